The van der Waals surface area contributed by atoms with Crippen molar-refractivity contribution in [2.24, 2.45) is 14.1 Å². The second-order valence-corrected chi connectivity index (χ2v) is 8.96. The average molecular weight is 546 g/mol. The van der Waals surface area contributed by atoms with Gasteiger partial charge in [0.05, 0.1) is 29.3 Å². The van der Waals surface area contributed by atoms with Crippen molar-refractivity contribution >= 4 is 34.1 Å². The topological polar surface area (TPSA) is 117 Å². The van der Waals surface area contributed by atoms with E-state index in [2.05, 4.69) is 25.5 Å². The molecule has 0 fully saturated rings. The van der Waals surface area contributed by atoms with E-state index in [-0.39, 0.29) is 34.6 Å². The maximum absolute atomic E-state index is 14.5. The summed E-state index contributed by atoms with van der Waals surface area (Å²) in [5.74, 6) is -3.91. The largest absolute Gasteiger partial charge is 0.355 e. The number of nitrogens with zero attached hydrogens (tertiary/aromatic N) is 8. The fourth-order valence-corrected chi connectivity index (χ4v) is 4.12. The van der Waals surface area contributed by atoms with Crippen LogP contribution in [0.4, 0.5) is 24.8 Å². The molecule has 3 heterocycles. The van der Waals surface area contributed by atoms with Crippen molar-refractivity contribution in [1.29, 1.82) is 0 Å². The summed E-state index contributed by atoms with van der Waals surface area (Å²) in [4.78, 5) is 34.4. The Morgan fingerprint density at radius 1 is 0.947 bits per heavy atom. The van der Waals surface area contributed by atoms with Crippen LogP contribution in [0, 0.1) is 24.4 Å². The van der Waals surface area contributed by atoms with E-state index in [0.717, 1.165) is 20.2 Å². The number of rotatable bonds is 6. The van der Waals surface area contributed by atoms with Gasteiger partial charge in [0.25, 0.3) is 0 Å². The van der Waals surface area contributed by atoms with Crippen LogP contribution in [0.2, 0.25) is 5.02 Å². The Kier molecular flexibility index (Phi) is 6.26. The Balaban J connectivity index is 1.66. The molecule has 0 saturated carbocycles. The van der Waals surface area contributed by atoms with Crippen molar-refractivity contribution in [1.82, 2.24) is 38.7 Å². The van der Waals surface area contributed by atoms with Crippen LogP contribution in [0.1, 0.15) is 17.1 Å². The lowest BCUT2D eigenvalue weighted by molar-refractivity contribution is 0.485. The quantitative estimate of drug-likeness (QED) is 0.326. The molecule has 0 unspecified atom stereocenters. The van der Waals surface area contributed by atoms with Crippen molar-refractivity contribution in [2.75, 3.05) is 5.32 Å². The highest BCUT2D eigenvalue weighted by Crippen LogP contribution is 2.31. The summed E-state index contributed by atoms with van der Waals surface area (Å²) in [6.45, 7) is 0.937. The number of anilines is 2. The number of benzene rings is 2. The Labute approximate surface area is 216 Å². The Bertz CT molecular complexity index is 1840. The number of halogens is 4. The van der Waals surface area contributed by atoms with Crippen LogP contribution in [0.5, 0.6) is 0 Å². The highest BCUT2D eigenvalue weighted by molar-refractivity contribution is 6.34. The molecule has 0 amide bonds. The van der Waals surface area contributed by atoms with Crippen molar-refractivity contribution in [3.63, 3.8) is 0 Å². The molecular formula is C23H19ClF3N9O2. The molecule has 0 radical (unpaired) electrons. The Morgan fingerprint density at radius 2 is 1.68 bits per heavy atom. The highest BCUT2D eigenvalue weighted by Gasteiger charge is 2.20. The van der Waals surface area contributed by atoms with Crippen molar-refractivity contribution in [3.05, 3.63) is 91.1 Å². The maximum atomic E-state index is 14.5. The lowest BCUT2D eigenvalue weighted by atomic mass is 10.2. The fraction of sp³-hybridized carbons (Fsp3) is 0.217. The zero-order valence-electron chi connectivity index (χ0n) is 20.2. The van der Waals surface area contributed by atoms with Gasteiger partial charge in [0, 0.05) is 36.8 Å². The lowest BCUT2D eigenvalue weighted by Crippen LogP contribution is -2.43. The zero-order valence-corrected chi connectivity index (χ0v) is 21.0. The molecule has 5 rings (SSSR count). The second-order valence-electron chi connectivity index (χ2n) is 8.55. The Morgan fingerprint density at radius 3 is 2.39 bits per heavy atom. The van der Waals surface area contributed by atoms with Gasteiger partial charge >= 0.3 is 11.4 Å². The molecule has 11 nitrogen and oxygen atoms in total. The summed E-state index contributed by atoms with van der Waals surface area (Å²) in [6, 6.07) is 4.27. The number of hydrogen-bond acceptors (Lipinski definition) is 7. The van der Waals surface area contributed by atoms with E-state index >= 15 is 0 Å². The van der Waals surface area contributed by atoms with Crippen molar-refractivity contribution in [3.8, 4) is 0 Å². The molecule has 2 aromatic carbocycles. The van der Waals surface area contributed by atoms with E-state index in [1.807, 2.05) is 6.92 Å². The molecule has 0 aliphatic carbocycles. The van der Waals surface area contributed by atoms with Crippen molar-refractivity contribution in [2.45, 2.75) is 20.0 Å². The van der Waals surface area contributed by atoms with Gasteiger partial charge in [0.2, 0.25) is 5.95 Å². The van der Waals surface area contributed by atoms with Crippen molar-refractivity contribution < 1.29 is 13.2 Å². The number of nitrogens with one attached hydrogen (secondary N) is 1. The third kappa shape index (κ3) is 4.53. The summed E-state index contributed by atoms with van der Waals surface area (Å²) >= 11 is 6.43. The van der Waals surface area contributed by atoms with E-state index in [1.165, 1.54) is 11.0 Å². The first-order chi connectivity index (χ1) is 18.0. The normalized spacial score (nSPS) is 11.4. The first-order valence-electron chi connectivity index (χ1n) is 11.1. The van der Waals surface area contributed by atoms with Crippen LogP contribution in [0.25, 0.3) is 10.9 Å². The van der Waals surface area contributed by atoms with E-state index in [0.29, 0.717) is 17.6 Å². The minimum absolute atomic E-state index is 0.153. The van der Waals surface area contributed by atoms with Gasteiger partial charge in [0.1, 0.15) is 12.1 Å². The number of fused-ring (bicyclic) bond motifs is 1. The van der Waals surface area contributed by atoms with Gasteiger partial charge in [-0.3, -0.25) is 13.9 Å². The van der Waals surface area contributed by atoms with E-state index < -0.39 is 35.4 Å². The van der Waals surface area contributed by atoms with E-state index in [1.54, 1.807) is 30.9 Å². The van der Waals surface area contributed by atoms with Crippen LogP contribution in [0.3, 0.4) is 0 Å². The fourth-order valence-electron chi connectivity index (χ4n) is 3.92. The monoisotopic (exact) mass is 545 g/mol. The van der Waals surface area contributed by atoms with Gasteiger partial charge in [-0.15, -0.1) is 0 Å². The van der Waals surface area contributed by atoms with Gasteiger partial charge in [-0.2, -0.15) is 15.2 Å². The molecule has 0 bridgehead atoms. The smallest absolute Gasteiger partial charge is 0.324 e. The highest BCUT2D eigenvalue weighted by atomic mass is 35.5. The molecule has 0 atom stereocenters. The van der Waals surface area contributed by atoms with Gasteiger partial charge in [-0.25, -0.2) is 32.3 Å². The molecule has 3 aromatic heterocycles. The zero-order chi connectivity index (χ0) is 27.3. The van der Waals surface area contributed by atoms with Crippen LogP contribution in [-0.4, -0.2) is 38.7 Å². The van der Waals surface area contributed by atoms with Crippen LogP contribution >= 0.6 is 11.6 Å². The van der Waals surface area contributed by atoms with Gasteiger partial charge < -0.3 is 5.32 Å². The van der Waals surface area contributed by atoms with Gasteiger partial charge in [-0.05, 0) is 25.1 Å². The average Bonchev–Trinajstić information content (AvgIpc) is 3.39. The van der Waals surface area contributed by atoms with Crippen LogP contribution in [-0.2, 0) is 27.2 Å². The summed E-state index contributed by atoms with van der Waals surface area (Å²) in [6.07, 6.45) is 1.39. The summed E-state index contributed by atoms with van der Waals surface area (Å²) in [5, 5.41) is 12.2. The number of aryl methyl sites for hydroxylation is 3. The summed E-state index contributed by atoms with van der Waals surface area (Å²) in [5.41, 5.74) is -0.479. The lowest BCUT2D eigenvalue weighted by Gasteiger charge is -2.16. The molecule has 5 aromatic rings. The van der Waals surface area contributed by atoms with E-state index in [4.69, 9.17) is 11.6 Å². The van der Waals surface area contributed by atoms with E-state index in [9.17, 15) is 22.8 Å². The van der Waals surface area contributed by atoms with Crippen LogP contribution < -0.4 is 16.7 Å². The first kappa shape index (κ1) is 25.2. The molecule has 0 aliphatic heterocycles. The molecular weight excluding hydrogens is 527 g/mol. The molecule has 0 spiro atoms. The minimum atomic E-state index is -1.38. The molecule has 0 aliphatic rings. The Hall–Kier alpha value is -4.46. The predicted molar refractivity (Wildman–Crippen MR) is 132 cm³/mol. The molecule has 0 saturated heterocycles. The predicted octanol–water partition coefficient (Wildman–Crippen LogP) is 2.64. The van der Waals surface area contributed by atoms with Crippen LogP contribution in [0.15, 0.2) is 40.2 Å². The summed E-state index contributed by atoms with van der Waals surface area (Å²) in [7, 11) is 3.38. The van der Waals surface area contributed by atoms with Gasteiger partial charge in [-0.1, -0.05) is 11.6 Å². The molecule has 1 N–H and O–H groups in total. The standard InChI is InChI=1S/C23H19ClF3N9O2/c1-11-13-5-19(14(24)6-18(13)31-34(11)3)29-21-30-22(37)36(9-20-28-10-33(2)32-20)23(38)35(21)8-12-4-16(26)17(27)7-15(12)25/h4-7,10H,8-9H2,1-3H3,(H,29,30,37). The van der Waals surface area contributed by atoms with Gasteiger partial charge in [0.15, 0.2) is 17.5 Å². The molecule has 38 heavy (non-hydrogen) atoms. The molecule has 196 valence electrons. The third-order valence-electron chi connectivity index (χ3n) is 5.98. The summed E-state index contributed by atoms with van der Waals surface area (Å²) < 4.78 is 46.7. The maximum Gasteiger partial charge on any atom is 0.355 e. The SMILES string of the molecule is Cc1c2cc(Nc3nc(=O)n(Cc4ncn(C)n4)c(=O)n3Cc3cc(F)c(F)cc3F)c(Cl)cc2nn1C. The third-order valence-corrected chi connectivity index (χ3v) is 6.29. The second kappa shape index (κ2) is 9.45. The number of hydrogen-bond donors (Lipinski definition) is 1. The first-order valence-corrected chi connectivity index (χ1v) is 11.5. The minimum Gasteiger partial charge on any atom is -0.324 e. The molecule has 15 heteroatoms. The number of aromatic nitrogens is 8.